The lowest BCUT2D eigenvalue weighted by molar-refractivity contribution is -0.119. The van der Waals surface area contributed by atoms with Gasteiger partial charge in [0.2, 0.25) is 0 Å². The van der Waals surface area contributed by atoms with E-state index >= 15 is 0 Å². The maximum atomic E-state index is 8.99. The van der Waals surface area contributed by atoms with Crippen LogP contribution in [0.1, 0.15) is 25.5 Å². The van der Waals surface area contributed by atoms with Crippen molar-refractivity contribution in [2.45, 2.75) is 26.2 Å². The van der Waals surface area contributed by atoms with Crippen LogP contribution in [0.15, 0.2) is 24.3 Å². The molecule has 0 aliphatic heterocycles. The second-order valence-corrected chi connectivity index (χ2v) is 3.04. The quantitative estimate of drug-likeness (QED) is 0.551. The fraction of sp³-hybridized carbons (Fsp3) is 0.400. The Balaban J connectivity index is 2.66. The zero-order valence-corrected chi connectivity index (χ0v) is 7.90. The van der Waals surface area contributed by atoms with Gasteiger partial charge in [-0.05, 0) is 31.5 Å². The maximum absolute atomic E-state index is 8.99. The fourth-order valence-electron chi connectivity index (χ4n) is 1.14. The number of anilines is 1. The number of hydrogen-bond acceptors (Lipinski definition) is 3. The van der Waals surface area contributed by atoms with Crippen LogP contribution >= 0.6 is 0 Å². The van der Waals surface area contributed by atoms with E-state index in [-0.39, 0.29) is 6.10 Å². The third kappa shape index (κ3) is 3.05. The van der Waals surface area contributed by atoms with Crippen LogP contribution in [0.25, 0.3) is 0 Å². The lowest BCUT2D eigenvalue weighted by Crippen LogP contribution is -2.10. The van der Waals surface area contributed by atoms with Crippen LogP contribution in [0.5, 0.6) is 0 Å². The summed E-state index contributed by atoms with van der Waals surface area (Å²) in [5, 5.41) is 8.99. The summed E-state index contributed by atoms with van der Waals surface area (Å²) in [4.78, 5) is 0. The van der Waals surface area contributed by atoms with Gasteiger partial charge in [-0.2, -0.15) is 0 Å². The number of rotatable bonds is 3. The molecule has 2 unspecified atom stereocenters. The molecule has 1 rings (SSSR count). The van der Waals surface area contributed by atoms with E-state index in [0.717, 1.165) is 11.3 Å². The molecule has 1 aromatic carbocycles. The molecule has 0 aliphatic rings. The topological polar surface area (TPSA) is 55.5 Å². The summed E-state index contributed by atoms with van der Waals surface area (Å²) in [6.07, 6.45) is -0.854. The SMILES string of the molecule is CC(O)OC(C)c1ccc(N)cc1. The highest BCUT2D eigenvalue weighted by molar-refractivity contribution is 5.39. The zero-order chi connectivity index (χ0) is 9.84. The minimum absolute atomic E-state index is 0.111. The van der Waals surface area contributed by atoms with Gasteiger partial charge in [-0.25, -0.2) is 0 Å². The van der Waals surface area contributed by atoms with Crippen LogP contribution in [0.3, 0.4) is 0 Å². The standard InChI is InChI=1S/C10H15NO2/c1-7(13-8(2)12)9-3-5-10(11)6-4-9/h3-8,12H,11H2,1-2H3. The van der Waals surface area contributed by atoms with Crippen LogP contribution in [-0.4, -0.2) is 11.4 Å². The number of aliphatic hydroxyl groups excluding tert-OH is 1. The molecule has 0 aliphatic carbocycles. The van der Waals surface area contributed by atoms with E-state index in [4.69, 9.17) is 15.6 Å². The second kappa shape index (κ2) is 4.25. The molecule has 72 valence electrons. The molecule has 0 bridgehead atoms. The summed E-state index contributed by atoms with van der Waals surface area (Å²) < 4.78 is 5.19. The Labute approximate surface area is 78.1 Å². The highest BCUT2D eigenvalue weighted by Crippen LogP contribution is 2.18. The van der Waals surface area contributed by atoms with Gasteiger partial charge in [-0.3, -0.25) is 0 Å². The van der Waals surface area contributed by atoms with Crippen molar-refractivity contribution >= 4 is 5.69 Å². The Morgan fingerprint density at radius 2 is 1.77 bits per heavy atom. The predicted octanol–water partition coefficient (Wildman–Crippen LogP) is 1.68. The van der Waals surface area contributed by atoms with E-state index in [9.17, 15) is 0 Å². The van der Waals surface area contributed by atoms with Gasteiger partial charge in [-0.1, -0.05) is 12.1 Å². The highest BCUT2D eigenvalue weighted by atomic mass is 16.6. The van der Waals surface area contributed by atoms with Gasteiger partial charge in [0.1, 0.15) is 0 Å². The van der Waals surface area contributed by atoms with Crippen molar-refractivity contribution in [1.82, 2.24) is 0 Å². The smallest absolute Gasteiger partial charge is 0.152 e. The fourth-order valence-corrected chi connectivity index (χ4v) is 1.14. The van der Waals surface area contributed by atoms with E-state index in [2.05, 4.69) is 0 Å². The van der Waals surface area contributed by atoms with Crippen molar-refractivity contribution in [3.8, 4) is 0 Å². The van der Waals surface area contributed by atoms with Gasteiger partial charge in [0.25, 0.3) is 0 Å². The van der Waals surface area contributed by atoms with Crippen molar-refractivity contribution in [2.24, 2.45) is 0 Å². The molecule has 3 heteroatoms. The Morgan fingerprint density at radius 1 is 1.23 bits per heavy atom. The summed E-state index contributed by atoms with van der Waals surface area (Å²) in [5.41, 5.74) is 7.28. The molecule has 2 atom stereocenters. The van der Waals surface area contributed by atoms with Crippen LogP contribution in [0.4, 0.5) is 5.69 Å². The molecule has 0 saturated carbocycles. The summed E-state index contributed by atoms with van der Waals surface area (Å²) in [5.74, 6) is 0. The van der Waals surface area contributed by atoms with Crippen molar-refractivity contribution in [1.29, 1.82) is 0 Å². The lowest BCUT2D eigenvalue weighted by atomic mass is 10.1. The monoisotopic (exact) mass is 181 g/mol. The molecule has 0 radical (unpaired) electrons. The lowest BCUT2D eigenvalue weighted by Gasteiger charge is -2.15. The molecule has 0 saturated heterocycles. The van der Waals surface area contributed by atoms with Crippen LogP contribution in [0.2, 0.25) is 0 Å². The van der Waals surface area contributed by atoms with Gasteiger partial charge in [-0.15, -0.1) is 0 Å². The number of ether oxygens (including phenoxy) is 1. The van der Waals surface area contributed by atoms with E-state index in [1.54, 1.807) is 6.92 Å². The average molecular weight is 181 g/mol. The molecule has 1 aromatic rings. The molecule has 0 aromatic heterocycles. The summed E-state index contributed by atoms with van der Waals surface area (Å²) in [6, 6.07) is 7.42. The third-order valence-corrected chi connectivity index (χ3v) is 1.81. The Bertz CT molecular complexity index is 256. The normalized spacial score (nSPS) is 15.3. The minimum Gasteiger partial charge on any atom is -0.399 e. The van der Waals surface area contributed by atoms with Gasteiger partial charge < -0.3 is 15.6 Å². The number of nitrogen functional groups attached to an aromatic ring is 1. The molecular weight excluding hydrogens is 166 g/mol. The van der Waals surface area contributed by atoms with E-state index < -0.39 is 6.29 Å². The van der Waals surface area contributed by atoms with Gasteiger partial charge in [0.15, 0.2) is 6.29 Å². The summed E-state index contributed by atoms with van der Waals surface area (Å²) in [7, 11) is 0. The Morgan fingerprint density at radius 3 is 2.23 bits per heavy atom. The molecule has 0 heterocycles. The van der Waals surface area contributed by atoms with Gasteiger partial charge >= 0.3 is 0 Å². The van der Waals surface area contributed by atoms with E-state index in [1.807, 2.05) is 31.2 Å². The van der Waals surface area contributed by atoms with E-state index in [1.165, 1.54) is 0 Å². The Hall–Kier alpha value is -1.06. The number of benzene rings is 1. The molecule has 0 spiro atoms. The first-order valence-corrected chi connectivity index (χ1v) is 4.28. The number of aliphatic hydroxyl groups is 1. The largest absolute Gasteiger partial charge is 0.399 e. The molecule has 0 amide bonds. The number of nitrogens with two attached hydrogens (primary N) is 1. The first kappa shape index (κ1) is 10.0. The van der Waals surface area contributed by atoms with Crippen LogP contribution in [-0.2, 0) is 4.74 Å². The molecule has 3 nitrogen and oxygen atoms in total. The van der Waals surface area contributed by atoms with E-state index in [0.29, 0.717) is 0 Å². The van der Waals surface area contributed by atoms with Gasteiger partial charge in [0.05, 0.1) is 6.10 Å². The van der Waals surface area contributed by atoms with Crippen LogP contribution < -0.4 is 5.73 Å². The van der Waals surface area contributed by atoms with Crippen molar-refractivity contribution in [2.75, 3.05) is 5.73 Å². The summed E-state index contributed by atoms with van der Waals surface area (Å²) >= 11 is 0. The Kier molecular flexibility index (Phi) is 3.28. The molecule has 3 N–H and O–H groups in total. The van der Waals surface area contributed by atoms with Gasteiger partial charge in [0, 0.05) is 5.69 Å². The molecule has 13 heavy (non-hydrogen) atoms. The first-order valence-electron chi connectivity index (χ1n) is 4.28. The third-order valence-electron chi connectivity index (χ3n) is 1.81. The molecular formula is C10H15NO2. The van der Waals surface area contributed by atoms with Crippen molar-refractivity contribution < 1.29 is 9.84 Å². The number of hydrogen-bond donors (Lipinski definition) is 2. The highest BCUT2D eigenvalue weighted by Gasteiger charge is 2.07. The van der Waals surface area contributed by atoms with Crippen molar-refractivity contribution in [3.63, 3.8) is 0 Å². The molecule has 0 fully saturated rings. The maximum Gasteiger partial charge on any atom is 0.152 e. The van der Waals surface area contributed by atoms with Crippen molar-refractivity contribution in [3.05, 3.63) is 29.8 Å². The predicted molar refractivity (Wildman–Crippen MR) is 52.0 cm³/mol. The summed E-state index contributed by atoms with van der Waals surface area (Å²) in [6.45, 7) is 3.48. The zero-order valence-electron chi connectivity index (χ0n) is 7.90. The second-order valence-electron chi connectivity index (χ2n) is 3.04. The minimum atomic E-state index is -0.743. The first-order chi connectivity index (χ1) is 6.09. The van der Waals surface area contributed by atoms with Crippen LogP contribution in [0, 0.1) is 0 Å². The average Bonchev–Trinajstić information content (AvgIpc) is 2.04.